The maximum atomic E-state index is 12.5. The van der Waals surface area contributed by atoms with E-state index in [4.69, 9.17) is 0 Å². The predicted molar refractivity (Wildman–Crippen MR) is 70.0 cm³/mol. The first-order valence-electron chi connectivity index (χ1n) is 6.09. The van der Waals surface area contributed by atoms with Crippen molar-refractivity contribution in [3.05, 3.63) is 29.8 Å². The minimum Gasteiger partial charge on any atom is -0.207 e. The van der Waals surface area contributed by atoms with E-state index in [9.17, 15) is 21.6 Å². The molecule has 0 N–H and O–H groups in total. The van der Waals surface area contributed by atoms with Gasteiger partial charge in [-0.25, -0.2) is 8.42 Å². The number of alkyl halides is 3. The number of nitrogens with zero attached hydrogens (tertiary/aromatic N) is 1. The smallest absolute Gasteiger partial charge is 0.207 e. The van der Waals surface area contributed by atoms with E-state index in [0.717, 1.165) is 36.4 Å². The fourth-order valence-electron chi connectivity index (χ4n) is 2.61. The number of sulfonamides is 1. The van der Waals surface area contributed by atoms with Gasteiger partial charge in [0.2, 0.25) is 10.0 Å². The van der Waals surface area contributed by atoms with Crippen molar-refractivity contribution < 1.29 is 21.6 Å². The summed E-state index contributed by atoms with van der Waals surface area (Å²) in [5, 5.41) is 0.323. The highest BCUT2D eigenvalue weighted by molar-refractivity contribution is 8.00. The van der Waals surface area contributed by atoms with E-state index in [-0.39, 0.29) is 10.9 Å². The van der Waals surface area contributed by atoms with Gasteiger partial charge in [-0.15, -0.1) is 0 Å². The summed E-state index contributed by atoms with van der Waals surface area (Å²) in [5.74, 6) is 0.768. The Bertz CT molecular complexity index is 613. The van der Waals surface area contributed by atoms with Gasteiger partial charge in [0.1, 0.15) is 0 Å². The molecule has 2 unspecified atom stereocenters. The number of benzene rings is 1. The second-order valence-electron chi connectivity index (χ2n) is 4.94. The van der Waals surface area contributed by atoms with Gasteiger partial charge in [-0.05, 0) is 30.7 Å². The lowest BCUT2D eigenvalue weighted by Crippen LogP contribution is -2.39. The van der Waals surface area contributed by atoms with E-state index in [2.05, 4.69) is 0 Å². The molecule has 2 fully saturated rings. The van der Waals surface area contributed by atoms with E-state index in [1.54, 1.807) is 11.8 Å². The molecule has 110 valence electrons. The first-order valence-corrected chi connectivity index (χ1v) is 8.58. The normalized spacial score (nSPS) is 27.1. The first kappa shape index (κ1) is 14.2. The lowest BCUT2D eigenvalue weighted by molar-refractivity contribution is -0.137. The number of fused-ring (bicyclic) bond motifs is 2. The number of hydrogen-bond donors (Lipinski definition) is 0. The van der Waals surface area contributed by atoms with E-state index in [0.29, 0.717) is 11.8 Å². The Hall–Kier alpha value is -0.730. The fraction of sp³-hybridized carbons (Fsp3) is 0.500. The predicted octanol–water partition coefficient (Wildman–Crippen LogP) is 2.58. The van der Waals surface area contributed by atoms with Gasteiger partial charge in [0, 0.05) is 23.6 Å². The number of thioether (sulfide) groups is 1. The monoisotopic (exact) mass is 323 g/mol. The van der Waals surface area contributed by atoms with Gasteiger partial charge in [-0.3, -0.25) is 0 Å². The molecule has 1 aromatic carbocycles. The summed E-state index contributed by atoms with van der Waals surface area (Å²) < 4.78 is 63.7. The van der Waals surface area contributed by atoms with Crippen LogP contribution >= 0.6 is 11.8 Å². The van der Waals surface area contributed by atoms with Crippen LogP contribution in [0.25, 0.3) is 0 Å². The topological polar surface area (TPSA) is 37.4 Å². The van der Waals surface area contributed by atoms with Gasteiger partial charge in [0.15, 0.2) is 0 Å². The molecule has 2 bridgehead atoms. The number of rotatable bonds is 2. The zero-order chi connectivity index (χ0) is 14.5. The maximum absolute atomic E-state index is 12.5. The van der Waals surface area contributed by atoms with Gasteiger partial charge in [-0.1, -0.05) is 0 Å². The molecule has 0 saturated carbocycles. The molecule has 1 aromatic rings. The molecular formula is C12H12F3NO2S2. The van der Waals surface area contributed by atoms with Crippen LogP contribution in [0.1, 0.15) is 12.0 Å². The first-order chi connectivity index (χ1) is 9.28. The van der Waals surface area contributed by atoms with E-state index in [1.807, 2.05) is 0 Å². The number of halogens is 3. The third-order valence-corrected chi connectivity index (χ3v) is 6.96. The Kier molecular flexibility index (Phi) is 3.30. The lowest BCUT2D eigenvalue weighted by Gasteiger charge is -2.25. The highest BCUT2D eigenvalue weighted by Gasteiger charge is 2.45. The summed E-state index contributed by atoms with van der Waals surface area (Å²) >= 11 is 1.76. The van der Waals surface area contributed by atoms with Crippen molar-refractivity contribution in [2.24, 2.45) is 0 Å². The molecule has 2 atom stereocenters. The van der Waals surface area contributed by atoms with Gasteiger partial charge >= 0.3 is 6.18 Å². The van der Waals surface area contributed by atoms with Gasteiger partial charge in [-0.2, -0.15) is 29.2 Å². The minimum atomic E-state index is -4.45. The Morgan fingerprint density at radius 1 is 1.20 bits per heavy atom. The molecule has 2 heterocycles. The third-order valence-electron chi connectivity index (χ3n) is 3.64. The third kappa shape index (κ3) is 2.33. The molecule has 2 saturated heterocycles. The Morgan fingerprint density at radius 3 is 2.30 bits per heavy atom. The SMILES string of the molecule is O=S(=O)(c1ccc(C(F)(F)F)cc1)N1CC2CC1CS2. The van der Waals surface area contributed by atoms with Crippen LogP contribution < -0.4 is 0 Å². The molecule has 0 radical (unpaired) electrons. The second-order valence-corrected chi connectivity index (χ2v) is 8.17. The Balaban J connectivity index is 1.88. The van der Waals surface area contributed by atoms with Gasteiger partial charge < -0.3 is 0 Å². The quantitative estimate of drug-likeness (QED) is 0.839. The van der Waals surface area contributed by atoms with Crippen LogP contribution in [0.5, 0.6) is 0 Å². The van der Waals surface area contributed by atoms with E-state index >= 15 is 0 Å². The average Bonchev–Trinajstić information content (AvgIpc) is 3.00. The zero-order valence-electron chi connectivity index (χ0n) is 10.3. The Morgan fingerprint density at radius 2 is 1.85 bits per heavy atom. The molecule has 3 nitrogen and oxygen atoms in total. The standard InChI is InChI=1S/C12H12F3NO2S2/c13-12(14,15)8-1-3-11(4-2-8)20(17,18)16-6-10-5-9(16)7-19-10/h1-4,9-10H,5-7H2. The van der Waals surface area contributed by atoms with Crippen molar-refractivity contribution >= 4 is 21.8 Å². The number of hydrogen-bond acceptors (Lipinski definition) is 3. The molecule has 0 aliphatic carbocycles. The van der Waals surface area contributed by atoms with Crippen LogP contribution in [0.4, 0.5) is 13.2 Å². The highest BCUT2D eigenvalue weighted by atomic mass is 32.2. The van der Waals surface area contributed by atoms with Crippen LogP contribution in [-0.4, -0.2) is 36.3 Å². The highest BCUT2D eigenvalue weighted by Crippen LogP contribution is 2.40. The zero-order valence-corrected chi connectivity index (χ0v) is 11.9. The van der Waals surface area contributed by atoms with E-state index in [1.165, 1.54) is 4.31 Å². The molecular weight excluding hydrogens is 311 g/mol. The average molecular weight is 323 g/mol. The molecule has 0 amide bonds. The van der Waals surface area contributed by atoms with Crippen molar-refractivity contribution in [3.63, 3.8) is 0 Å². The van der Waals surface area contributed by atoms with E-state index < -0.39 is 21.8 Å². The molecule has 0 aromatic heterocycles. The summed E-state index contributed by atoms with van der Waals surface area (Å²) in [7, 11) is -3.68. The molecule has 20 heavy (non-hydrogen) atoms. The second kappa shape index (κ2) is 4.64. The van der Waals surface area contributed by atoms with Crippen LogP contribution in [0, 0.1) is 0 Å². The van der Waals surface area contributed by atoms with Gasteiger partial charge in [0.05, 0.1) is 10.5 Å². The van der Waals surface area contributed by atoms with Crippen LogP contribution in [0.2, 0.25) is 0 Å². The summed E-state index contributed by atoms with van der Waals surface area (Å²) in [5.41, 5.74) is -0.838. The van der Waals surface area contributed by atoms with Gasteiger partial charge in [0.25, 0.3) is 0 Å². The lowest BCUT2D eigenvalue weighted by atomic mass is 10.2. The molecule has 3 rings (SSSR count). The van der Waals surface area contributed by atoms with Crippen molar-refractivity contribution in [1.82, 2.24) is 4.31 Å². The van der Waals surface area contributed by atoms with Crippen molar-refractivity contribution in [1.29, 1.82) is 0 Å². The Labute approximate surface area is 119 Å². The van der Waals surface area contributed by atoms with Crippen molar-refractivity contribution in [3.8, 4) is 0 Å². The summed E-state index contributed by atoms with van der Waals surface area (Å²) in [6, 6.07) is 3.69. The minimum absolute atomic E-state index is 0.0164. The van der Waals surface area contributed by atoms with Crippen molar-refractivity contribution in [2.75, 3.05) is 12.3 Å². The van der Waals surface area contributed by atoms with Crippen LogP contribution in [0.15, 0.2) is 29.2 Å². The maximum Gasteiger partial charge on any atom is 0.416 e. The largest absolute Gasteiger partial charge is 0.416 e. The van der Waals surface area contributed by atoms with Crippen LogP contribution in [0.3, 0.4) is 0 Å². The van der Waals surface area contributed by atoms with Crippen molar-refractivity contribution in [2.45, 2.75) is 28.8 Å². The molecule has 8 heteroatoms. The molecule has 2 aliphatic heterocycles. The summed E-state index contributed by atoms with van der Waals surface area (Å²) in [4.78, 5) is -0.0666. The molecule has 2 aliphatic rings. The summed E-state index contributed by atoms with van der Waals surface area (Å²) in [6.45, 7) is 0.457. The fourth-order valence-corrected chi connectivity index (χ4v) is 5.91. The molecule has 0 spiro atoms. The summed E-state index contributed by atoms with van der Waals surface area (Å²) in [6.07, 6.45) is -3.61. The van der Waals surface area contributed by atoms with Crippen LogP contribution in [-0.2, 0) is 16.2 Å².